The van der Waals surface area contributed by atoms with Gasteiger partial charge in [-0.25, -0.2) is 0 Å². The predicted molar refractivity (Wildman–Crippen MR) is 81.7 cm³/mol. The van der Waals surface area contributed by atoms with Crippen LogP contribution in [0.3, 0.4) is 0 Å². The number of aromatic nitrogens is 4. The van der Waals surface area contributed by atoms with Crippen molar-refractivity contribution < 1.29 is 0 Å². The largest absolute Gasteiger partial charge is 0.364 e. The fraction of sp³-hybridized carbons (Fsp3) is 0.188. The van der Waals surface area contributed by atoms with Gasteiger partial charge in [0.2, 0.25) is 0 Å². The fourth-order valence-corrected chi connectivity index (χ4v) is 2.07. The minimum absolute atomic E-state index is 0.731. The Morgan fingerprint density at radius 2 is 1.86 bits per heavy atom. The van der Waals surface area contributed by atoms with Crippen LogP contribution in [-0.2, 0) is 19.5 Å². The predicted octanol–water partition coefficient (Wildman–Crippen LogP) is 2.53. The van der Waals surface area contributed by atoms with E-state index < -0.39 is 0 Å². The summed E-state index contributed by atoms with van der Waals surface area (Å²) in [5, 5.41) is 7.81. The second-order valence-electron chi connectivity index (χ2n) is 4.78. The summed E-state index contributed by atoms with van der Waals surface area (Å²) in [5.74, 6) is 0.883. The molecule has 0 saturated heterocycles. The molecule has 3 rings (SSSR count). The molecule has 3 aromatic rings. The molecule has 0 aliphatic heterocycles. The van der Waals surface area contributed by atoms with Gasteiger partial charge in [0, 0.05) is 50.1 Å². The first-order valence-electron chi connectivity index (χ1n) is 6.95. The Kier molecular flexibility index (Phi) is 4.21. The molecule has 21 heavy (non-hydrogen) atoms. The molecule has 0 aromatic carbocycles. The van der Waals surface area contributed by atoms with Crippen molar-refractivity contribution in [1.29, 1.82) is 0 Å². The smallest absolute Gasteiger partial charge is 0.148 e. The van der Waals surface area contributed by atoms with E-state index in [0.717, 1.165) is 30.9 Å². The Labute approximate surface area is 123 Å². The Morgan fingerprint density at radius 3 is 2.67 bits per heavy atom. The minimum Gasteiger partial charge on any atom is -0.364 e. The maximum Gasteiger partial charge on any atom is 0.148 e. The van der Waals surface area contributed by atoms with Crippen LogP contribution in [0.15, 0.2) is 61.3 Å². The molecule has 0 aliphatic carbocycles. The van der Waals surface area contributed by atoms with E-state index in [1.54, 1.807) is 6.20 Å². The number of rotatable bonds is 6. The zero-order valence-electron chi connectivity index (χ0n) is 11.7. The fourth-order valence-electron chi connectivity index (χ4n) is 2.07. The van der Waals surface area contributed by atoms with Crippen molar-refractivity contribution in [2.24, 2.45) is 0 Å². The van der Waals surface area contributed by atoms with Crippen LogP contribution in [0.1, 0.15) is 11.1 Å². The van der Waals surface area contributed by atoms with Crippen LogP contribution >= 0.6 is 0 Å². The Morgan fingerprint density at radius 1 is 0.952 bits per heavy atom. The number of pyridine rings is 2. The first-order valence-corrected chi connectivity index (χ1v) is 6.95. The Balaban J connectivity index is 1.52. The topological polar surface area (TPSA) is 55.6 Å². The second kappa shape index (κ2) is 6.65. The van der Waals surface area contributed by atoms with Gasteiger partial charge >= 0.3 is 0 Å². The molecule has 0 atom stereocenters. The van der Waals surface area contributed by atoms with Crippen molar-refractivity contribution in [3.63, 3.8) is 0 Å². The van der Waals surface area contributed by atoms with Gasteiger partial charge in [-0.1, -0.05) is 6.07 Å². The average Bonchev–Trinajstić information content (AvgIpc) is 3.01. The molecule has 0 radical (unpaired) electrons. The molecule has 0 bridgehead atoms. The highest BCUT2D eigenvalue weighted by Gasteiger charge is 2.00. The van der Waals surface area contributed by atoms with Crippen LogP contribution in [0, 0.1) is 0 Å². The standard InChI is InChI=1S/C16H17N5/c1-2-15(12-18-7-1)13-19-16-6-11-21(20-16)10-5-14-3-8-17-9-4-14/h1-4,6-9,11-12H,5,10,13H2,(H,19,20). The van der Waals surface area contributed by atoms with Crippen LogP contribution in [0.2, 0.25) is 0 Å². The third-order valence-electron chi connectivity index (χ3n) is 3.22. The highest BCUT2D eigenvalue weighted by Crippen LogP contribution is 2.07. The monoisotopic (exact) mass is 279 g/mol. The molecule has 0 aliphatic rings. The quantitative estimate of drug-likeness (QED) is 0.753. The maximum atomic E-state index is 4.51. The van der Waals surface area contributed by atoms with Gasteiger partial charge in [0.1, 0.15) is 5.82 Å². The first-order chi connectivity index (χ1) is 10.4. The average molecular weight is 279 g/mol. The number of aryl methyl sites for hydroxylation is 2. The van der Waals surface area contributed by atoms with Crippen molar-refractivity contribution >= 4 is 5.82 Å². The number of nitrogens with one attached hydrogen (secondary N) is 1. The maximum absolute atomic E-state index is 4.51. The third-order valence-corrected chi connectivity index (χ3v) is 3.22. The second-order valence-corrected chi connectivity index (χ2v) is 4.78. The van der Waals surface area contributed by atoms with Gasteiger partial charge in [-0.2, -0.15) is 5.10 Å². The van der Waals surface area contributed by atoms with Crippen LogP contribution in [0.4, 0.5) is 5.82 Å². The van der Waals surface area contributed by atoms with Gasteiger partial charge in [-0.05, 0) is 35.7 Å². The highest BCUT2D eigenvalue weighted by atomic mass is 15.3. The van der Waals surface area contributed by atoms with E-state index in [1.807, 2.05) is 59.8 Å². The molecule has 0 fully saturated rings. The van der Waals surface area contributed by atoms with Gasteiger partial charge in [-0.15, -0.1) is 0 Å². The molecular formula is C16H17N5. The Hall–Kier alpha value is -2.69. The zero-order valence-corrected chi connectivity index (χ0v) is 11.7. The van der Waals surface area contributed by atoms with E-state index in [4.69, 9.17) is 0 Å². The molecule has 3 aromatic heterocycles. The summed E-state index contributed by atoms with van der Waals surface area (Å²) in [6.07, 6.45) is 10.2. The lowest BCUT2D eigenvalue weighted by Gasteiger charge is -2.03. The lowest BCUT2D eigenvalue weighted by atomic mass is 10.2. The van der Waals surface area contributed by atoms with Crippen LogP contribution < -0.4 is 5.32 Å². The summed E-state index contributed by atoms with van der Waals surface area (Å²) >= 11 is 0. The van der Waals surface area contributed by atoms with Crippen molar-refractivity contribution in [3.05, 3.63) is 72.4 Å². The van der Waals surface area contributed by atoms with Gasteiger partial charge in [0.15, 0.2) is 0 Å². The van der Waals surface area contributed by atoms with Crippen molar-refractivity contribution in [1.82, 2.24) is 19.7 Å². The van der Waals surface area contributed by atoms with Gasteiger partial charge in [-0.3, -0.25) is 14.6 Å². The van der Waals surface area contributed by atoms with Crippen molar-refractivity contribution in [2.75, 3.05) is 5.32 Å². The Bertz CT molecular complexity index is 605. The summed E-state index contributed by atoms with van der Waals surface area (Å²) < 4.78 is 1.95. The number of anilines is 1. The van der Waals surface area contributed by atoms with E-state index in [-0.39, 0.29) is 0 Å². The normalized spacial score (nSPS) is 10.5. The summed E-state index contributed by atoms with van der Waals surface area (Å²) in [5.41, 5.74) is 2.41. The van der Waals surface area contributed by atoms with Crippen molar-refractivity contribution in [3.8, 4) is 0 Å². The third kappa shape index (κ3) is 3.89. The van der Waals surface area contributed by atoms with Crippen LogP contribution in [0.25, 0.3) is 0 Å². The highest BCUT2D eigenvalue weighted by molar-refractivity contribution is 5.33. The molecule has 5 nitrogen and oxygen atoms in total. The van der Waals surface area contributed by atoms with Gasteiger partial charge in [0.25, 0.3) is 0 Å². The van der Waals surface area contributed by atoms with Crippen LogP contribution in [0.5, 0.6) is 0 Å². The molecule has 0 spiro atoms. The zero-order chi connectivity index (χ0) is 14.3. The van der Waals surface area contributed by atoms with E-state index in [1.165, 1.54) is 5.56 Å². The van der Waals surface area contributed by atoms with E-state index in [2.05, 4.69) is 20.4 Å². The number of nitrogens with zero attached hydrogens (tertiary/aromatic N) is 4. The molecule has 0 saturated carbocycles. The summed E-state index contributed by atoms with van der Waals surface area (Å²) in [6.45, 7) is 1.59. The lowest BCUT2D eigenvalue weighted by molar-refractivity contribution is 0.616. The molecule has 106 valence electrons. The van der Waals surface area contributed by atoms with Gasteiger partial charge < -0.3 is 5.32 Å². The summed E-state index contributed by atoms with van der Waals surface area (Å²) in [6, 6.07) is 10.0. The van der Waals surface area contributed by atoms with E-state index >= 15 is 0 Å². The minimum atomic E-state index is 0.731. The number of hydrogen-bond donors (Lipinski definition) is 1. The molecule has 3 heterocycles. The van der Waals surface area contributed by atoms with Gasteiger partial charge in [0.05, 0.1) is 0 Å². The number of hydrogen-bond acceptors (Lipinski definition) is 4. The lowest BCUT2D eigenvalue weighted by Crippen LogP contribution is -2.04. The van der Waals surface area contributed by atoms with Crippen molar-refractivity contribution in [2.45, 2.75) is 19.5 Å². The van der Waals surface area contributed by atoms with E-state index in [9.17, 15) is 0 Å². The SMILES string of the molecule is c1cncc(CNc2ccn(CCc3ccncc3)n2)c1. The van der Waals surface area contributed by atoms with Crippen LogP contribution in [-0.4, -0.2) is 19.7 Å². The molecule has 1 N–H and O–H groups in total. The summed E-state index contributed by atoms with van der Waals surface area (Å²) in [7, 11) is 0. The van der Waals surface area contributed by atoms with E-state index in [0.29, 0.717) is 0 Å². The molecule has 0 amide bonds. The molecule has 0 unspecified atom stereocenters. The molecular weight excluding hydrogens is 262 g/mol. The molecule has 5 heteroatoms. The summed E-state index contributed by atoms with van der Waals surface area (Å²) in [4.78, 5) is 8.11. The first kappa shape index (κ1) is 13.3.